The molecule has 0 bridgehead atoms. The van der Waals surface area contributed by atoms with Crippen LogP contribution >= 0.6 is 11.3 Å². The van der Waals surface area contributed by atoms with E-state index in [9.17, 15) is 4.79 Å². The van der Waals surface area contributed by atoms with E-state index in [1.54, 1.807) is 11.3 Å². The van der Waals surface area contributed by atoms with E-state index in [-0.39, 0.29) is 5.91 Å². The normalized spacial score (nSPS) is 15.4. The van der Waals surface area contributed by atoms with E-state index >= 15 is 0 Å². The minimum Gasteiger partial charge on any atom is -0.369 e. The fourth-order valence-corrected chi connectivity index (χ4v) is 3.92. The second kappa shape index (κ2) is 8.50. The molecule has 1 N–H and O–H groups in total. The Balaban J connectivity index is 1.55. The maximum atomic E-state index is 12.2. The predicted octanol–water partition coefficient (Wildman–Crippen LogP) is 3.77. The van der Waals surface area contributed by atoms with Gasteiger partial charge in [-0.15, -0.1) is 0 Å². The summed E-state index contributed by atoms with van der Waals surface area (Å²) >= 11 is 1.67. The topological polar surface area (TPSA) is 35.6 Å². The van der Waals surface area contributed by atoms with Gasteiger partial charge in [0.15, 0.2) is 0 Å². The molecule has 1 aromatic heterocycles. The van der Waals surface area contributed by atoms with Crippen molar-refractivity contribution in [3.8, 4) is 0 Å². The lowest BCUT2D eigenvalue weighted by Crippen LogP contribution is -2.46. The van der Waals surface area contributed by atoms with Gasteiger partial charge >= 0.3 is 0 Å². The van der Waals surface area contributed by atoms with E-state index in [1.165, 1.54) is 11.3 Å². The van der Waals surface area contributed by atoms with E-state index in [0.29, 0.717) is 6.42 Å². The molecule has 1 aliphatic rings. The standard InChI is InChI=1S/C20H27N3OS/c1-3-22-9-11-23(12-10-22)18-5-6-19(16(2)14-18)21-20(24)7-4-17-8-13-25-15-17/h5-6,8,13-15H,3-4,7,9-12H2,1-2H3,(H,21,24). The molecule has 0 radical (unpaired) electrons. The average molecular weight is 358 g/mol. The minimum absolute atomic E-state index is 0.0820. The molecule has 2 aromatic rings. The summed E-state index contributed by atoms with van der Waals surface area (Å²) in [5.41, 5.74) is 4.54. The third-order valence-electron chi connectivity index (χ3n) is 4.89. The lowest BCUT2D eigenvalue weighted by Gasteiger charge is -2.35. The summed E-state index contributed by atoms with van der Waals surface area (Å²) in [5.74, 6) is 0.0820. The molecule has 1 aliphatic heterocycles. The van der Waals surface area contributed by atoms with E-state index in [0.717, 1.165) is 50.4 Å². The quantitative estimate of drug-likeness (QED) is 0.855. The van der Waals surface area contributed by atoms with Crippen molar-refractivity contribution < 1.29 is 4.79 Å². The second-order valence-corrected chi connectivity index (χ2v) is 7.38. The number of piperazine rings is 1. The van der Waals surface area contributed by atoms with E-state index < -0.39 is 0 Å². The first-order valence-corrected chi connectivity index (χ1v) is 9.99. The summed E-state index contributed by atoms with van der Waals surface area (Å²) in [7, 11) is 0. The molecule has 2 heterocycles. The minimum atomic E-state index is 0.0820. The van der Waals surface area contributed by atoms with Crippen LogP contribution in [0.3, 0.4) is 0 Å². The average Bonchev–Trinajstić information content (AvgIpc) is 3.15. The molecule has 25 heavy (non-hydrogen) atoms. The summed E-state index contributed by atoms with van der Waals surface area (Å²) in [5, 5.41) is 7.21. The zero-order valence-corrected chi connectivity index (χ0v) is 15.9. The van der Waals surface area contributed by atoms with Crippen molar-refractivity contribution in [1.82, 2.24) is 4.90 Å². The molecule has 5 heteroatoms. The number of aryl methyl sites for hydroxylation is 2. The van der Waals surface area contributed by atoms with Gasteiger partial charge in [0.1, 0.15) is 0 Å². The van der Waals surface area contributed by atoms with Gasteiger partial charge in [-0.25, -0.2) is 0 Å². The Morgan fingerprint density at radius 3 is 2.64 bits per heavy atom. The fraction of sp³-hybridized carbons (Fsp3) is 0.450. The van der Waals surface area contributed by atoms with Crippen molar-refractivity contribution in [1.29, 1.82) is 0 Å². The Kier molecular flexibility index (Phi) is 6.10. The summed E-state index contributed by atoms with van der Waals surface area (Å²) < 4.78 is 0. The first kappa shape index (κ1) is 18.0. The van der Waals surface area contributed by atoms with Crippen LogP contribution in [0.2, 0.25) is 0 Å². The molecule has 0 atom stereocenters. The van der Waals surface area contributed by atoms with Crippen molar-refractivity contribution in [2.45, 2.75) is 26.7 Å². The molecule has 1 saturated heterocycles. The molecule has 134 valence electrons. The number of hydrogen-bond donors (Lipinski definition) is 1. The molecule has 0 spiro atoms. The molecule has 3 rings (SSSR count). The molecular weight excluding hydrogens is 330 g/mol. The highest BCUT2D eigenvalue weighted by Crippen LogP contribution is 2.24. The Morgan fingerprint density at radius 2 is 2.00 bits per heavy atom. The van der Waals surface area contributed by atoms with Gasteiger partial charge in [0, 0.05) is 44.0 Å². The van der Waals surface area contributed by atoms with Crippen molar-refractivity contribution in [2.75, 3.05) is 42.9 Å². The van der Waals surface area contributed by atoms with Crippen LogP contribution in [0.25, 0.3) is 0 Å². The second-order valence-electron chi connectivity index (χ2n) is 6.60. The highest BCUT2D eigenvalue weighted by Gasteiger charge is 2.16. The maximum absolute atomic E-state index is 12.2. The number of likely N-dealkylation sites (N-methyl/N-ethyl adjacent to an activating group) is 1. The molecular formula is C20H27N3OS. The van der Waals surface area contributed by atoms with Crippen LogP contribution in [0.1, 0.15) is 24.5 Å². The lowest BCUT2D eigenvalue weighted by atomic mass is 10.1. The van der Waals surface area contributed by atoms with Gasteiger partial charge < -0.3 is 15.1 Å². The van der Waals surface area contributed by atoms with E-state index in [4.69, 9.17) is 0 Å². The van der Waals surface area contributed by atoms with E-state index in [1.807, 2.05) is 6.07 Å². The summed E-state index contributed by atoms with van der Waals surface area (Å²) in [6.07, 6.45) is 1.32. The number of carbonyl (C=O) groups is 1. The first-order chi connectivity index (χ1) is 12.2. The van der Waals surface area contributed by atoms with Crippen LogP contribution in [-0.4, -0.2) is 43.5 Å². The number of thiophene rings is 1. The third kappa shape index (κ3) is 4.83. The first-order valence-electron chi connectivity index (χ1n) is 9.04. The van der Waals surface area contributed by atoms with Crippen LogP contribution in [0, 0.1) is 6.92 Å². The van der Waals surface area contributed by atoms with Crippen molar-refractivity contribution in [3.05, 3.63) is 46.2 Å². The Morgan fingerprint density at radius 1 is 1.20 bits per heavy atom. The van der Waals surface area contributed by atoms with Crippen LogP contribution < -0.4 is 10.2 Å². The van der Waals surface area contributed by atoms with Crippen molar-refractivity contribution >= 4 is 28.6 Å². The number of nitrogens with zero attached hydrogens (tertiary/aromatic N) is 2. The fourth-order valence-electron chi connectivity index (χ4n) is 3.21. The molecule has 4 nitrogen and oxygen atoms in total. The lowest BCUT2D eigenvalue weighted by molar-refractivity contribution is -0.116. The number of carbonyl (C=O) groups excluding carboxylic acids is 1. The van der Waals surface area contributed by atoms with Gasteiger partial charge in [-0.1, -0.05) is 6.92 Å². The molecule has 1 aromatic carbocycles. The van der Waals surface area contributed by atoms with Crippen molar-refractivity contribution in [2.24, 2.45) is 0 Å². The van der Waals surface area contributed by atoms with Crippen LogP contribution in [0.15, 0.2) is 35.0 Å². The molecule has 0 aliphatic carbocycles. The Bertz CT molecular complexity index is 691. The van der Waals surface area contributed by atoms with Crippen LogP contribution in [0.4, 0.5) is 11.4 Å². The number of hydrogen-bond acceptors (Lipinski definition) is 4. The number of anilines is 2. The summed E-state index contributed by atoms with van der Waals surface area (Å²) in [6.45, 7) is 9.80. The number of amides is 1. The Labute approximate surface area is 154 Å². The molecule has 0 unspecified atom stereocenters. The molecule has 1 fully saturated rings. The smallest absolute Gasteiger partial charge is 0.224 e. The van der Waals surface area contributed by atoms with Crippen molar-refractivity contribution in [3.63, 3.8) is 0 Å². The number of rotatable bonds is 6. The van der Waals surface area contributed by atoms with E-state index in [2.05, 4.69) is 57.9 Å². The number of benzene rings is 1. The van der Waals surface area contributed by atoms with Gasteiger partial charge in [0.2, 0.25) is 5.91 Å². The largest absolute Gasteiger partial charge is 0.369 e. The molecule has 1 amide bonds. The molecule has 0 saturated carbocycles. The zero-order valence-electron chi connectivity index (χ0n) is 15.1. The van der Waals surface area contributed by atoms with Gasteiger partial charge in [0.05, 0.1) is 0 Å². The maximum Gasteiger partial charge on any atom is 0.224 e. The van der Waals surface area contributed by atoms with Gasteiger partial charge in [-0.05, 0) is 66.0 Å². The van der Waals surface area contributed by atoms with Gasteiger partial charge in [0.25, 0.3) is 0 Å². The third-order valence-corrected chi connectivity index (χ3v) is 5.62. The summed E-state index contributed by atoms with van der Waals surface area (Å²) in [6, 6.07) is 8.44. The van der Waals surface area contributed by atoms with Crippen LogP contribution in [0.5, 0.6) is 0 Å². The summed E-state index contributed by atoms with van der Waals surface area (Å²) in [4.78, 5) is 17.1. The Hall–Kier alpha value is -1.85. The number of nitrogens with one attached hydrogen (secondary N) is 1. The predicted molar refractivity (Wildman–Crippen MR) is 107 cm³/mol. The van der Waals surface area contributed by atoms with Gasteiger partial charge in [-0.3, -0.25) is 4.79 Å². The highest BCUT2D eigenvalue weighted by atomic mass is 32.1. The van der Waals surface area contributed by atoms with Crippen LogP contribution in [-0.2, 0) is 11.2 Å². The zero-order chi connectivity index (χ0) is 17.6. The highest BCUT2D eigenvalue weighted by molar-refractivity contribution is 7.07. The SMILES string of the molecule is CCN1CCN(c2ccc(NC(=O)CCc3ccsc3)c(C)c2)CC1. The van der Waals surface area contributed by atoms with Gasteiger partial charge in [-0.2, -0.15) is 11.3 Å². The monoisotopic (exact) mass is 357 g/mol.